The maximum atomic E-state index is 2.60. The Hall–Kier alpha value is -0.520. The number of allylic oxidation sites excluding steroid dienone is 4. The standard InChI is InChI=1S/C22H38/c1-2-6-10-14-18-21(17-13-9-5-1)22-19-15-11-7-3-4-8-12-16-20-22/h13,15,17,19,21-22H,1-12,14,16,18,20H2/b17-13+,19-15?. The molecule has 0 nitrogen and oxygen atoms in total. The summed E-state index contributed by atoms with van der Waals surface area (Å²) in [6.07, 6.45) is 33.0. The van der Waals surface area contributed by atoms with E-state index in [0.29, 0.717) is 0 Å². The molecule has 2 aliphatic carbocycles. The molecular formula is C22H38. The average Bonchev–Trinajstić information content (AvgIpc) is 2.64. The molecule has 0 aliphatic heterocycles. The molecule has 22 heavy (non-hydrogen) atoms. The van der Waals surface area contributed by atoms with E-state index >= 15 is 0 Å². The third-order valence-electron chi connectivity index (χ3n) is 5.63. The topological polar surface area (TPSA) is 0 Å². The fourth-order valence-corrected chi connectivity index (χ4v) is 4.15. The Bertz CT molecular complexity index is 280. The highest BCUT2D eigenvalue weighted by Crippen LogP contribution is 2.29. The van der Waals surface area contributed by atoms with E-state index in [9.17, 15) is 0 Å². The normalized spacial score (nSPS) is 31.6. The van der Waals surface area contributed by atoms with Crippen LogP contribution in [0.4, 0.5) is 0 Å². The largest absolute Gasteiger partial charge is 0.0882 e. The maximum absolute atomic E-state index is 2.60. The molecule has 0 fully saturated rings. The molecule has 2 rings (SSSR count). The molecule has 0 spiro atoms. The summed E-state index contributed by atoms with van der Waals surface area (Å²) >= 11 is 0. The highest BCUT2D eigenvalue weighted by atomic mass is 14.2. The first-order chi connectivity index (χ1) is 11.0. The predicted octanol–water partition coefficient (Wildman–Crippen LogP) is 7.60. The summed E-state index contributed by atoms with van der Waals surface area (Å²) in [4.78, 5) is 0. The van der Waals surface area contributed by atoms with E-state index in [4.69, 9.17) is 0 Å². The third-order valence-corrected chi connectivity index (χ3v) is 5.63. The zero-order valence-corrected chi connectivity index (χ0v) is 14.8. The van der Waals surface area contributed by atoms with Gasteiger partial charge in [-0.25, -0.2) is 0 Å². The molecule has 0 N–H and O–H groups in total. The molecule has 0 aromatic carbocycles. The van der Waals surface area contributed by atoms with Crippen LogP contribution in [0.1, 0.15) is 103 Å². The van der Waals surface area contributed by atoms with E-state index in [2.05, 4.69) is 24.3 Å². The summed E-state index contributed by atoms with van der Waals surface area (Å²) in [6, 6.07) is 0. The van der Waals surface area contributed by atoms with Crippen molar-refractivity contribution in [2.45, 2.75) is 103 Å². The highest BCUT2D eigenvalue weighted by molar-refractivity contribution is 5.00. The van der Waals surface area contributed by atoms with E-state index in [-0.39, 0.29) is 0 Å². The van der Waals surface area contributed by atoms with Crippen LogP contribution in [0.25, 0.3) is 0 Å². The van der Waals surface area contributed by atoms with Crippen LogP contribution in [0.15, 0.2) is 24.3 Å². The molecule has 0 radical (unpaired) electrons. The molecule has 0 aromatic heterocycles. The highest BCUT2D eigenvalue weighted by Gasteiger charge is 2.16. The van der Waals surface area contributed by atoms with Gasteiger partial charge in [-0.05, 0) is 50.4 Å². The third kappa shape index (κ3) is 7.65. The minimum atomic E-state index is 0.815. The Morgan fingerprint density at radius 2 is 0.773 bits per heavy atom. The van der Waals surface area contributed by atoms with Crippen LogP contribution in [-0.4, -0.2) is 0 Å². The van der Waals surface area contributed by atoms with Gasteiger partial charge in [0.1, 0.15) is 0 Å². The average molecular weight is 303 g/mol. The van der Waals surface area contributed by atoms with Crippen molar-refractivity contribution in [2.75, 3.05) is 0 Å². The van der Waals surface area contributed by atoms with Gasteiger partial charge in [0.05, 0.1) is 0 Å². The first-order valence-corrected chi connectivity index (χ1v) is 10.3. The van der Waals surface area contributed by atoms with Gasteiger partial charge in [0, 0.05) is 0 Å². The Morgan fingerprint density at radius 3 is 1.23 bits per heavy atom. The molecule has 126 valence electrons. The Balaban J connectivity index is 1.94. The lowest BCUT2D eigenvalue weighted by molar-refractivity contribution is 0.387. The second-order valence-electron chi connectivity index (χ2n) is 7.58. The summed E-state index contributed by atoms with van der Waals surface area (Å²) in [6.45, 7) is 0. The van der Waals surface area contributed by atoms with E-state index in [0.717, 1.165) is 11.8 Å². The minimum Gasteiger partial charge on any atom is -0.0882 e. The maximum Gasteiger partial charge on any atom is -0.0171 e. The zero-order valence-electron chi connectivity index (χ0n) is 14.8. The lowest BCUT2D eigenvalue weighted by Gasteiger charge is -2.22. The van der Waals surface area contributed by atoms with Crippen LogP contribution in [0.3, 0.4) is 0 Å². The van der Waals surface area contributed by atoms with Crippen molar-refractivity contribution in [3.63, 3.8) is 0 Å². The molecule has 0 amide bonds. The van der Waals surface area contributed by atoms with Crippen molar-refractivity contribution in [1.82, 2.24) is 0 Å². The fourth-order valence-electron chi connectivity index (χ4n) is 4.15. The summed E-state index contributed by atoms with van der Waals surface area (Å²) in [5, 5.41) is 0. The molecular weight excluding hydrogens is 264 g/mol. The number of hydrogen-bond acceptors (Lipinski definition) is 0. The Labute approximate surface area is 139 Å². The van der Waals surface area contributed by atoms with Gasteiger partial charge in [0.2, 0.25) is 0 Å². The molecule has 0 aromatic rings. The molecule has 0 bridgehead atoms. The van der Waals surface area contributed by atoms with E-state index < -0.39 is 0 Å². The molecule has 2 atom stereocenters. The van der Waals surface area contributed by atoms with Gasteiger partial charge >= 0.3 is 0 Å². The van der Waals surface area contributed by atoms with E-state index in [1.54, 1.807) is 0 Å². The smallest absolute Gasteiger partial charge is 0.0171 e. The summed E-state index contributed by atoms with van der Waals surface area (Å²) in [5.41, 5.74) is 0. The van der Waals surface area contributed by atoms with E-state index in [1.165, 1.54) is 103 Å². The summed E-state index contributed by atoms with van der Waals surface area (Å²) in [7, 11) is 0. The predicted molar refractivity (Wildman–Crippen MR) is 99.1 cm³/mol. The van der Waals surface area contributed by atoms with Gasteiger partial charge in [-0.1, -0.05) is 88.5 Å². The quantitative estimate of drug-likeness (QED) is 0.437. The monoisotopic (exact) mass is 302 g/mol. The van der Waals surface area contributed by atoms with Gasteiger partial charge in [-0.2, -0.15) is 0 Å². The molecule has 2 aliphatic rings. The van der Waals surface area contributed by atoms with Crippen LogP contribution < -0.4 is 0 Å². The molecule has 2 unspecified atom stereocenters. The van der Waals surface area contributed by atoms with Crippen molar-refractivity contribution < 1.29 is 0 Å². The van der Waals surface area contributed by atoms with Crippen molar-refractivity contribution in [3.8, 4) is 0 Å². The van der Waals surface area contributed by atoms with Crippen LogP contribution in [0, 0.1) is 11.8 Å². The zero-order chi connectivity index (χ0) is 15.3. The molecule has 0 heteroatoms. The van der Waals surface area contributed by atoms with Crippen molar-refractivity contribution in [3.05, 3.63) is 24.3 Å². The second kappa shape index (κ2) is 12.0. The van der Waals surface area contributed by atoms with Gasteiger partial charge in [0.25, 0.3) is 0 Å². The van der Waals surface area contributed by atoms with Crippen molar-refractivity contribution in [1.29, 1.82) is 0 Å². The molecule has 0 saturated carbocycles. The van der Waals surface area contributed by atoms with Gasteiger partial charge in [0.15, 0.2) is 0 Å². The van der Waals surface area contributed by atoms with Crippen LogP contribution in [0.5, 0.6) is 0 Å². The molecule has 0 saturated heterocycles. The van der Waals surface area contributed by atoms with Crippen molar-refractivity contribution >= 4 is 0 Å². The Kier molecular flexibility index (Phi) is 9.70. The molecule has 0 heterocycles. The van der Waals surface area contributed by atoms with Crippen molar-refractivity contribution in [2.24, 2.45) is 11.8 Å². The Morgan fingerprint density at radius 1 is 0.409 bits per heavy atom. The lowest BCUT2D eigenvalue weighted by atomic mass is 9.83. The number of hydrogen-bond donors (Lipinski definition) is 0. The summed E-state index contributed by atoms with van der Waals surface area (Å²) in [5.74, 6) is 1.63. The van der Waals surface area contributed by atoms with Crippen LogP contribution in [0.2, 0.25) is 0 Å². The number of rotatable bonds is 1. The first-order valence-electron chi connectivity index (χ1n) is 10.3. The van der Waals surface area contributed by atoms with Crippen LogP contribution >= 0.6 is 0 Å². The first kappa shape index (κ1) is 17.8. The minimum absolute atomic E-state index is 0.815. The van der Waals surface area contributed by atoms with Gasteiger partial charge in [-0.15, -0.1) is 0 Å². The van der Waals surface area contributed by atoms with E-state index in [1.807, 2.05) is 0 Å². The lowest BCUT2D eigenvalue weighted by Crippen LogP contribution is -2.11. The fraction of sp³-hybridized carbons (Fsp3) is 0.818. The SMILES string of the molecule is C1=CC(C2/C=C/CCCCCCCC2)CCCCCCCC1. The van der Waals surface area contributed by atoms with Crippen LogP contribution in [-0.2, 0) is 0 Å². The van der Waals surface area contributed by atoms with Gasteiger partial charge in [-0.3, -0.25) is 0 Å². The van der Waals surface area contributed by atoms with Gasteiger partial charge < -0.3 is 0 Å². The summed E-state index contributed by atoms with van der Waals surface area (Å²) < 4.78 is 0. The second-order valence-corrected chi connectivity index (χ2v) is 7.58.